The Morgan fingerprint density at radius 2 is 1.13 bits per heavy atom. The largest absolute Gasteiger partial charge is 0.0654 e. The molecule has 0 bridgehead atoms. The summed E-state index contributed by atoms with van der Waals surface area (Å²) >= 11 is 2.61. The summed E-state index contributed by atoms with van der Waals surface area (Å²) in [7, 11) is 0. The van der Waals surface area contributed by atoms with Crippen LogP contribution in [0.15, 0.2) is 42.5 Å². The Bertz CT molecular complexity index is 760. The zero-order valence-electron chi connectivity index (χ0n) is 19.3. The van der Waals surface area contributed by atoms with Crippen molar-refractivity contribution in [1.82, 2.24) is 0 Å². The van der Waals surface area contributed by atoms with Gasteiger partial charge in [0, 0.05) is 8.99 Å². The zero-order chi connectivity index (χ0) is 21.2. The van der Waals surface area contributed by atoms with Crippen molar-refractivity contribution in [3.63, 3.8) is 0 Å². The van der Waals surface area contributed by atoms with Crippen molar-refractivity contribution in [3.8, 4) is 11.1 Å². The van der Waals surface area contributed by atoms with Gasteiger partial charge in [0.05, 0.1) is 0 Å². The number of benzene rings is 2. The summed E-state index contributed by atoms with van der Waals surface area (Å²) < 4.78 is 1.47. The number of halogens is 1. The molecule has 0 aromatic heterocycles. The SMILES string of the molecule is CCCCCCCCC1(CCCCCCCC)c2ccccc2-c2cccc(I)c21. The van der Waals surface area contributed by atoms with Gasteiger partial charge in [-0.15, -0.1) is 0 Å². The van der Waals surface area contributed by atoms with E-state index in [-0.39, 0.29) is 5.41 Å². The van der Waals surface area contributed by atoms with E-state index in [2.05, 4.69) is 78.9 Å². The third-order valence-corrected chi connectivity index (χ3v) is 8.04. The Labute approximate surface area is 199 Å². The minimum atomic E-state index is 0.235. The second-order valence-corrected chi connectivity index (χ2v) is 10.5. The van der Waals surface area contributed by atoms with Gasteiger partial charge in [0.2, 0.25) is 0 Å². The lowest BCUT2D eigenvalue weighted by molar-refractivity contribution is 0.396. The second kappa shape index (κ2) is 12.3. The van der Waals surface area contributed by atoms with Crippen molar-refractivity contribution in [3.05, 3.63) is 57.2 Å². The van der Waals surface area contributed by atoms with E-state index in [1.807, 2.05) is 0 Å². The molecule has 30 heavy (non-hydrogen) atoms. The third kappa shape index (κ3) is 5.50. The topological polar surface area (TPSA) is 0 Å². The first-order valence-corrected chi connectivity index (χ1v) is 13.7. The van der Waals surface area contributed by atoms with E-state index < -0.39 is 0 Å². The monoisotopic (exact) mass is 516 g/mol. The summed E-state index contributed by atoms with van der Waals surface area (Å²) in [6, 6.07) is 16.3. The number of rotatable bonds is 14. The standard InChI is InChI=1S/C29H41I/c1-3-5-7-9-11-15-22-29(23-16-12-10-8-6-4-2)26-20-14-13-18-24(26)25-19-17-21-27(30)28(25)29/h13-14,17-21H,3-12,15-16,22-23H2,1-2H3. The van der Waals surface area contributed by atoms with Crippen LogP contribution in [0.25, 0.3) is 11.1 Å². The van der Waals surface area contributed by atoms with Gasteiger partial charge < -0.3 is 0 Å². The molecule has 0 spiro atoms. The lowest BCUT2D eigenvalue weighted by atomic mass is 9.70. The van der Waals surface area contributed by atoms with E-state index in [9.17, 15) is 0 Å². The van der Waals surface area contributed by atoms with Crippen molar-refractivity contribution in [2.75, 3.05) is 0 Å². The van der Waals surface area contributed by atoms with Crippen molar-refractivity contribution in [1.29, 1.82) is 0 Å². The van der Waals surface area contributed by atoms with E-state index in [0.29, 0.717) is 0 Å². The Morgan fingerprint density at radius 1 is 0.600 bits per heavy atom. The van der Waals surface area contributed by atoms with E-state index in [1.165, 1.54) is 105 Å². The van der Waals surface area contributed by atoms with Crippen molar-refractivity contribution < 1.29 is 0 Å². The van der Waals surface area contributed by atoms with Crippen LogP contribution in [-0.4, -0.2) is 0 Å². The van der Waals surface area contributed by atoms with Gasteiger partial charge in [-0.25, -0.2) is 0 Å². The Hall–Kier alpha value is -0.830. The van der Waals surface area contributed by atoms with Crippen LogP contribution in [-0.2, 0) is 5.41 Å². The smallest absolute Gasteiger partial charge is 0.0225 e. The summed E-state index contributed by atoms with van der Waals surface area (Å²) in [5.74, 6) is 0. The van der Waals surface area contributed by atoms with Crippen LogP contribution in [0.3, 0.4) is 0 Å². The highest BCUT2D eigenvalue weighted by Gasteiger charge is 2.43. The first kappa shape index (κ1) is 23.8. The third-order valence-electron chi connectivity index (χ3n) is 7.14. The van der Waals surface area contributed by atoms with Gasteiger partial charge in [-0.05, 0) is 63.8 Å². The molecule has 0 nitrogen and oxygen atoms in total. The molecule has 0 radical (unpaired) electrons. The molecular formula is C29H41I. The fourth-order valence-electron chi connectivity index (χ4n) is 5.56. The summed E-state index contributed by atoms with van der Waals surface area (Å²) in [6.07, 6.45) is 19.2. The minimum Gasteiger partial charge on any atom is -0.0654 e. The molecule has 0 saturated heterocycles. The lowest BCUT2D eigenvalue weighted by Crippen LogP contribution is -2.26. The van der Waals surface area contributed by atoms with E-state index in [4.69, 9.17) is 0 Å². The average molecular weight is 517 g/mol. The minimum absolute atomic E-state index is 0.235. The predicted molar refractivity (Wildman–Crippen MR) is 141 cm³/mol. The van der Waals surface area contributed by atoms with Crippen LogP contribution in [0.2, 0.25) is 0 Å². The number of fused-ring (bicyclic) bond motifs is 3. The van der Waals surface area contributed by atoms with Gasteiger partial charge in [0.25, 0.3) is 0 Å². The molecular weight excluding hydrogens is 475 g/mol. The number of hydrogen-bond donors (Lipinski definition) is 0. The van der Waals surface area contributed by atoms with Crippen LogP contribution in [0.1, 0.15) is 115 Å². The van der Waals surface area contributed by atoms with Gasteiger partial charge >= 0.3 is 0 Å². The van der Waals surface area contributed by atoms with Crippen LogP contribution in [0.5, 0.6) is 0 Å². The first-order chi connectivity index (χ1) is 14.7. The van der Waals surface area contributed by atoms with Gasteiger partial charge in [-0.3, -0.25) is 0 Å². The summed E-state index contributed by atoms with van der Waals surface area (Å²) in [5.41, 5.74) is 6.51. The van der Waals surface area contributed by atoms with E-state index >= 15 is 0 Å². The average Bonchev–Trinajstić information content (AvgIpc) is 3.05. The predicted octanol–water partition coefficient (Wildman–Crippen LogP) is 10.1. The maximum Gasteiger partial charge on any atom is 0.0225 e. The molecule has 3 rings (SSSR count). The summed E-state index contributed by atoms with van der Waals surface area (Å²) in [5, 5.41) is 0. The summed E-state index contributed by atoms with van der Waals surface area (Å²) in [6.45, 7) is 4.62. The highest BCUT2D eigenvalue weighted by atomic mass is 127. The Kier molecular flexibility index (Phi) is 9.74. The molecule has 2 aromatic carbocycles. The van der Waals surface area contributed by atoms with Crippen molar-refractivity contribution >= 4 is 22.6 Å². The fourth-order valence-corrected chi connectivity index (χ4v) is 6.58. The Balaban J connectivity index is 1.81. The molecule has 0 heterocycles. The molecule has 0 N–H and O–H groups in total. The molecule has 0 amide bonds. The van der Waals surface area contributed by atoms with Crippen LogP contribution in [0, 0.1) is 3.57 Å². The van der Waals surface area contributed by atoms with Gasteiger partial charge in [0.15, 0.2) is 0 Å². The molecule has 2 aromatic rings. The molecule has 1 aliphatic rings. The first-order valence-electron chi connectivity index (χ1n) is 12.6. The molecule has 0 saturated carbocycles. The molecule has 164 valence electrons. The van der Waals surface area contributed by atoms with Crippen molar-refractivity contribution in [2.45, 2.75) is 109 Å². The van der Waals surface area contributed by atoms with Crippen LogP contribution < -0.4 is 0 Å². The normalized spacial score (nSPS) is 14.0. The highest BCUT2D eigenvalue weighted by Crippen LogP contribution is 2.55. The Morgan fingerprint density at radius 3 is 1.77 bits per heavy atom. The molecule has 0 aliphatic heterocycles. The molecule has 0 fully saturated rings. The van der Waals surface area contributed by atoms with E-state index in [1.54, 1.807) is 11.1 Å². The number of unbranched alkanes of at least 4 members (excludes halogenated alkanes) is 10. The van der Waals surface area contributed by atoms with Gasteiger partial charge in [-0.2, -0.15) is 0 Å². The second-order valence-electron chi connectivity index (χ2n) is 9.33. The summed E-state index contributed by atoms with van der Waals surface area (Å²) in [4.78, 5) is 0. The molecule has 0 atom stereocenters. The maximum atomic E-state index is 2.61. The van der Waals surface area contributed by atoms with Gasteiger partial charge in [0.1, 0.15) is 0 Å². The lowest BCUT2D eigenvalue weighted by Gasteiger charge is -2.33. The molecule has 1 aliphatic carbocycles. The molecule has 1 heteroatoms. The van der Waals surface area contributed by atoms with Crippen LogP contribution >= 0.6 is 22.6 Å². The van der Waals surface area contributed by atoms with Crippen molar-refractivity contribution in [2.24, 2.45) is 0 Å². The number of hydrogen-bond acceptors (Lipinski definition) is 0. The fraction of sp³-hybridized carbons (Fsp3) is 0.586. The van der Waals surface area contributed by atoms with E-state index in [0.717, 1.165) is 0 Å². The van der Waals surface area contributed by atoms with Crippen LogP contribution in [0.4, 0.5) is 0 Å². The molecule has 0 unspecified atom stereocenters. The highest BCUT2D eigenvalue weighted by molar-refractivity contribution is 14.1. The maximum absolute atomic E-state index is 2.61. The zero-order valence-corrected chi connectivity index (χ0v) is 21.5. The van der Waals surface area contributed by atoms with Gasteiger partial charge in [-0.1, -0.05) is 127 Å². The quantitative estimate of drug-likeness (QED) is 0.173.